The number of amides is 1. The molecule has 0 aliphatic heterocycles. The average Bonchev–Trinajstić information content (AvgIpc) is 2.72. The Kier molecular flexibility index (Phi) is 6.43. The molecule has 0 aliphatic carbocycles. The molecule has 1 aromatic heterocycles. The van der Waals surface area contributed by atoms with Gasteiger partial charge >= 0.3 is 0 Å². The highest BCUT2D eigenvalue weighted by atomic mass is 32.2. The predicted octanol–water partition coefficient (Wildman–Crippen LogP) is 2.22. The Bertz CT molecular complexity index is 1220. The number of carbonyl (C=O) groups excluding carboxylic acids is 1. The van der Waals surface area contributed by atoms with Crippen molar-refractivity contribution in [3.8, 4) is 11.4 Å². The van der Waals surface area contributed by atoms with Crippen LogP contribution in [0.5, 0.6) is 0 Å². The molecule has 3 aromatic rings. The van der Waals surface area contributed by atoms with Gasteiger partial charge in [0, 0.05) is 29.4 Å². The molecule has 1 amide bonds. The van der Waals surface area contributed by atoms with E-state index in [0.717, 1.165) is 5.56 Å². The van der Waals surface area contributed by atoms with Gasteiger partial charge in [0.2, 0.25) is 15.9 Å². The molecule has 0 unspecified atom stereocenters. The summed E-state index contributed by atoms with van der Waals surface area (Å²) in [5.74, 6) is 0.262. The molecule has 2 aromatic carbocycles. The van der Waals surface area contributed by atoms with Gasteiger partial charge in [0.1, 0.15) is 5.82 Å². The number of carbonyl (C=O) groups is 1. The molecular formula is C21H22N4O4S. The number of benzene rings is 2. The first-order valence-corrected chi connectivity index (χ1v) is 10.8. The zero-order chi connectivity index (χ0) is 21.7. The molecule has 0 fully saturated rings. The van der Waals surface area contributed by atoms with Gasteiger partial charge in [-0.15, -0.1) is 0 Å². The van der Waals surface area contributed by atoms with E-state index in [-0.39, 0.29) is 22.8 Å². The van der Waals surface area contributed by atoms with E-state index >= 15 is 0 Å². The van der Waals surface area contributed by atoms with Crippen molar-refractivity contribution in [3.63, 3.8) is 0 Å². The van der Waals surface area contributed by atoms with Gasteiger partial charge in [-0.3, -0.25) is 9.59 Å². The minimum absolute atomic E-state index is 0.176. The van der Waals surface area contributed by atoms with Crippen LogP contribution >= 0.6 is 0 Å². The number of rotatable bonds is 7. The van der Waals surface area contributed by atoms with Crippen LogP contribution in [-0.4, -0.2) is 31.3 Å². The Morgan fingerprint density at radius 2 is 1.83 bits per heavy atom. The van der Waals surface area contributed by atoms with E-state index in [1.165, 1.54) is 25.2 Å². The summed E-state index contributed by atoms with van der Waals surface area (Å²) in [5, 5.41) is 2.83. The fraction of sp³-hybridized carbons (Fsp3) is 0.190. The summed E-state index contributed by atoms with van der Waals surface area (Å²) in [6, 6.07) is 14.9. The van der Waals surface area contributed by atoms with Gasteiger partial charge in [0.15, 0.2) is 0 Å². The molecule has 3 rings (SSSR count). The Morgan fingerprint density at radius 1 is 1.10 bits per heavy atom. The second-order valence-electron chi connectivity index (χ2n) is 6.72. The van der Waals surface area contributed by atoms with Gasteiger partial charge in [-0.1, -0.05) is 24.3 Å². The lowest BCUT2D eigenvalue weighted by Crippen LogP contribution is -2.18. The van der Waals surface area contributed by atoms with Crippen LogP contribution in [0.3, 0.4) is 0 Å². The maximum absolute atomic E-state index is 12.3. The van der Waals surface area contributed by atoms with E-state index in [9.17, 15) is 18.0 Å². The third-order valence-electron chi connectivity index (χ3n) is 4.43. The van der Waals surface area contributed by atoms with Crippen molar-refractivity contribution >= 4 is 21.6 Å². The fourth-order valence-corrected chi connectivity index (χ4v) is 3.62. The number of sulfonamides is 1. The molecule has 8 nitrogen and oxygen atoms in total. The first-order chi connectivity index (χ1) is 14.3. The molecule has 1 heterocycles. The van der Waals surface area contributed by atoms with Crippen LogP contribution in [0.4, 0.5) is 5.69 Å². The van der Waals surface area contributed by atoms with Gasteiger partial charge in [0.25, 0.3) is 5.56 Å². The molecule has 0 saturated carbocycles. The molecule has 156 valence electrons. The van der Waals surface area contributed by atoms with Crippen molar-refractivity contribution in [1.82, 2.24) is 14.7 Å². The molecular weight excluding hydrogens is 404 g/mol. The molecule has 0 atom stereocenters. The fourth-order valence-electron chi connectivity index (χ4n) is 2.89. The minimum Gasteiger partial charge on any atom is -0.326 e. The van der Waals surface area contributed by atoms with E-state index in [1.807, 2.05) is 0 Å². The van der Waals surface area contributed by atoms with Crippen LogP contribution in [-0.2, 0) is 21.2 Å². The molecule has 0 spiro atoms. The zero-order valence-electron chi connectivity index (χ0n) is 16.6. The van der Waals surface area contributed by atoms with Crippen LogP contribution < -0.4 is 15.6 Å². The van der Waals surface area contributed by atoms with Crippen LogP contribution in [0.25, 0.3) is 11.4 Å². The van der Waals surface area contributed by atoms with Gasteiger partial charge in [-0.2, -0.15) is 0 Å². The number of aryl methyl sites for hydroxylation is 2. The number of anilines is 1. The molecule has 0 bridgehead atoms. The van der Waals surface area contributed by atoms with Crippen molar-refractivity contribution in [1.29, 1.82) is 0 Å². The third-order valence-corrected chi connectivity index (χ3v) is 5.86. The van der Waals surface area contributed by atoms with E-state index < -0.39 is 10.0 Å². The van der Waals surface area contributed by atoms with Crippen LogP contribution in [0.1, 0.15) is 17.7 Å². The van der Waals surface area contributed by atoms with Gasteiger partial charge < -0.3 is 10.3 Å². The van der Waals surface area contributed by atoms with E-state index in [1.54, 1.807) is 43.3 Å². The smallest absolute Gasteiger partial charge is 0.251 e. The van der Waals surface area contributed by atoms with Crippen molar-refractivity contribution in [3.05, 3.63) is 76.2 Å². The standard InChI is InChI=1S/C21H22N4O4S/c1-14-12-20(27)25-21(23-14)16-4-3-5-17(13-16)24-19(26)11-8-15-6-9-18(10-7-15)30(28,29)22-2/h3-7,9-10,12-13,22H,8,11H2,1-2H3,(H,24,26)(H,23,25,27). The Labute approximate surface area is 174 Å². The summed E-state index contributed by atoms with van der Waals surface area (Å²) >= 11 is 0. The normalized spacial score (nSPS) is 11.3. The summed E-state index contributed by atoms with van der Waals surface area (Å²) in [5.41, 5.74) is 2.51. The average molecular weight is 426 g/mol. The number of nitrogens with one attached hydrogen (secondary N) is 3. The van der Waals surface area contributed by atoms with Gasteiger partial charge in [0.05, 0.1) is 4.90 Å². The van der Waals surface area contributed by atoms with E-state index in [0.29, 0.717) is 29.2 Å². The lowest BCUT2D eigenvalue weighted by Gasteiger charge is -2.08. The molecule has 0 aliphatic rings. The summed E-state index contributed by atoms with van der Waals surface area (Å²) in [6.45, 7) is 1.74. The highest BCUT2D eigenvalue weighted by Gasteiger charge is 2.11. The Hall–Kier alpha value is -3.30. The van der Waals surface area contributed by atoms with Gasteiger partial charge in [-0.25, -0.2) is 18.1 Å². The van der Waals surface area contributed by atoms with Crippen molar-refractivity contribution in [2.45, 2.75) is 24.7 Å². The SMILES string of the molecule is CNS(=O)(=O)c1ccc(CCC(=O)Nc2cccc(-c3nc(C)cc(=O)[nH]3)c2)cc1. The van der Waals surface area contributed by atoms with E-state index in [4.69, 9.17) is 0 Å². The third kappa shape index (κ3) is 5.40. The molecule has 0 radical (unpaired) electrons. The lowest BCUT2D eigenvalue weighted by atomic mass is 10.1. The van der Waals surface area contributed by atoms with Gasteiger partial charge in [-0.05, 0) is 50.2 Å². The molecule has 3 N–H and O–H groups in total. The maximum atomic E-state index is 12.3. The van der Waals surface area contributed by atoms with Crippen molar-refractivity contribution in [2.24, 2.45) is 0 Å². The predicted molar refractivity (Wildman–Crippen MR) is 115 cm³/mol. The Balaban J connectivity index is 1.63. The quantitative estimate of drug-likeness (QED) is 0.535. The highest BCUT2D eigenvalue weighted by molar-refractivity contribution is 7.89. The van der Waals surface area contributed by atoms with Crippen LogP contribution in [0.2, 0.25) is 0 Å². The summed E-state index contributed by atoms with van der Waals surface area (Å²) in [7, 11) is -2.12. The number of nitrogens with zero attached hydrogens (tertiary/aromatic N) is 1. The first-order valence-electron chi connectivity index (χ1n) is 9.27. The number of H-pyrrole nitrogens is 1. The van der Waals surface area contributed by atoms with Crippen molar-refractivity contribution in [2.75, 3.05) is 12.4 Å². The number of aromatic nitrogens is 2. The van der Waals surface area contributed by atoms with Crippen molar-refractivity contribution < 1.29 is 13.2 Å². The summed E-state index contributed by atoms with van der Waals surface area (Å²) in [6.07, 6.45) is 0.708. The second-order valence-corrected chi connectivity index (χ2v) is 8.60. The Morgan fingerprint density at radius 3 is 2.50 bits per heavy atom. The van der Waals surface area contributed by atoms with Crippen LogP contribution in [0, 0.1) is 6.92 Å². The van der Waals surface area contributed by atoms with Crippen LogP contribution in [0.15, 0.2) is 64.3 Å². The second kappa shape index (κ2) is 9.02. The highest BCUT2D eigenvalue weighted by Crippen LogP contribution is 2.19. The first kappa shape index (κ1) is 21.4. The topological polar surface area (TPSA) is 121 Å². The van der Waals surface area contributed by atoms with E-state index in [2.05, 4.69) is 20.0 Å². The lowest BCUT2D eigenvalue weighted by molar-refractivity contribution is -0.116. The molecule has 9 heteroatoms. The number of hydrogen-bond donors (Lipinski definition) is 3. The summed E-state index contributed by atoms with van der Waals surface area (Å²) in [4.78, 5) is 31.2. The summed E-state index contributed by atoms with van der Waals surface area (Å²) < 4.78 is 25.8. The maximum Gasteiger partial charge on any atom is 0.251 e. The minimum atomic E-state index is -3.48. The molecule has 30 heavy (non-hydrogen) atoms. The molecule has 0 saturated heterocycles. The number of aromatic amines is 1. The zero-order valence-corrected chi connectivity index (χ0v) is 17.4. The monoisotopic (exact) mass is 426 g/mol. The number of hydrogen-bond acceptors (Lipinski definition) is 5. The largest absolute Gasteiger partial charge is 0.326 e.